The average Bonchev–Trinajstić information content (AvgIpc) is 2.88. The standard InChI is InChI=1S/C15H17N3O2S/c1-18-13(11-19)10-17-15(18)21-8-2-7-20-14-5-3-12(9-16)4-6-14/h3-6,10,19H,2,7-8,11H2,1H3. The molecule has 2 aromatic rings. The van der Waals surface area contributed by atoms with E-state index >= 15 is 0 Å². The van der Waals surface area contributed by atoms with Gasteiger partial charge in [-0.15, -0.1) is 0 Å². The average molecular weight is 303 g/mol. The molecule has 110 valence electrons. The third kappa shape index (κ3) is 4.25. The van der Waals surface area contributed by atoms with Crippen molar-refractivity contribution in [2.45, 2.75) is 18.2 Å². The number of imidazole rings is 1. The number of nitrogens with zero attached hydrogens (tertiary/aromatic N) is 3. The van der Waals surface area contributed by atoms with Crippen LogP contribution in [0.25, 0.3) is 0 Å². The summed E-state index contributed by atoms with van der Waals surface area (Å²) in [4.78, 5) is 4.26. The SMILES string of the molecule is Cn1c(CO)cnc1SCCCOc1ccc(C#N)cc1. The molecule has 1 aromatic heterocycles. The van der Waals surface area contributed by atoms with E-state index in [1.807, 2.05) is 11.6 Å². The van der Waals surface area contributed by atoms with Crippen molar-refractivity contribution in [2.75, 3.05) is 12.4 Å². The van der Waals surface area contributed by atoms with Crippen LogP contribution in [-0.4, -0.2) is 27.0 Å². The summed E-state index contributed by atoms with van der Waals surface area (Å²) in [5.41, 5.74) is 1.44. The summed E-state index contributed by atoms with van der Waals surface area (Å²) in [6.07, 6.45) is 2.58. The summed E-state index contributed by atoms with van der Waals surface area (Å²) in [6, 6.07) is 9.17. The second-order valence-corrected chi connectivity index (χ2v) is 5.50. The topological polar surface area (TPSA) is 71.1 Å². The molecule has 6 heteroatoms. The molecule has 1 aromatic carbocycles. The Balaban J connectivity index is 1.70. The number of hydrogen-bond acceptors (Lipinski definition) is 5. The van der Waals surface area contributed by atoms with Crippen LogP contribution in [-0.2, 0) is 13.7 Å². The highest BCUT2D eigenvalue weighted by Crippen LogP contribution is 2.18. The Kier molecular flexibility index (Phi) is 5.67. The van der Waals surface area contributed by atoms with Crippen LogP contribution >= 0.6 is 11.8 Å². The molecule has 0 bridgehead atoms. The van der Waals surface area contributed by atoms with E-state index in [2.05, 4.69) is 11.1 Å². The molecule has 5 nitrogen and oxygen atoms in total. The number of hydrogen-bond donors (Lipinski definition) is 1. The maximum absolute atomic E-state index is 9.09. The largest absolute Gasteiger partial charge is 0.494 e. The van der Waals surface area contributed by atoms with Crippen molar-refractivity contribution in [3.63, 3.8) is 0 Å². The fourth-order valence-corrected chi connectivity index (χ4v) is 2.63. The van der Waals surface area contributed by atoms with Gasteiger partial charge in [-0.05, 0) is 30.7 Å². The van der Waals surface area contributed by atoms with Gasteiger partial charge in [0.15, 0.2) is 5.16 Å². The number of ether oxygens (including phenoxy) is 1. The molecule has 0 atom stereocenters. The Hall–Kier alpha value is -1.97. The quantitative estimate of drug-likeness (QED) is 0.628. The van der Waals surface area contributed by atoms with Gasteiger partial charge in [-0.1, -0.05) is 11.8 Å². The number of thioether (sulfide) groups is 1. The molecule has 0 amide bonds. The van der Waals surface area contributed by atoms with Crippen LogP contribution in [0, 0.1) is 11.3 Å². The summed E-state index contributed by atoms with van der Waals surface area (Å²) in [7, 11) is 1.90. The van der Waals surface area contributed by atoms with Crippen molar-refractivity contribution >= 4 is 11.8 Å². The van der Waals surface area contributed by atoms with Gasteiger partial charge in [0.05, 0.1) is 36.7 Å². The maximum atomic E-state index is 9.09. The fourth-order valence-electron chi connectivity index (χ4n) is 1.74. The number of aliphatic hydroxyl groups is 1. The second-order valence-electron chi connectivity index (χ2n) is 4.44. The van der Waals surface area contributed by atoms with Crippen LogP contribution in [0.2, 0.25) is 0 Å². The van der Waals surface area contributed by atoms with Crippen LogP contribution in [0.3, 0.4) is 0 Å². The molecule has 2 rings (SSSR count). The second kappa shape index (κ2) is 7.72. The van der Waals surface area contributed by atoms with Crippen LogP contribution in [0.4, 0.5) is 0 Å². The van der Waals surface area contributed by atoms with E-state index in [0.29, 0.717) is 12.2 Å². The highest BCUT2D eigenvalue weighted by atomic mass is 32.2. The van der Waals surface area contributed by atoms with Crippen LogP contribution in [0.15, 0.2) is 35.6 Å². The summed E-state index contributed by atoms with van der Waals surface area (Å²) >= 11 is 1.64. The van der Waals surface area contributed by atoms with Crippen LogP contribution in [0.1, 0.15) is 17.7 Å². The van der Waals surface area contributed by atoms with Gasteiger partial charge in [0.25, 0.3) is 0 Å². The molecule has 1 N–H and O–H groups in total. The van der Waals surface area contributed by atoms with Crippen molar-refractivity contribution in [1.82, 2.24) is 9.55 Å². The van der Waals surface area contributed by atoms with Crippen molar-refractivity contribution < 1.29 is 9.84 Å². The van der Waals surface area contributed by atoms with E-state index < -0.39 is 0 Å². The zero-order chi connectivity index (χ0) is 15.1. The number of aromatic nitrogens is 2. The number of nitriles is 1. The van der Waals surface area contributed by atoms with Gasteiger partial charge in [0.2, 0.25) is 0 Å². The molecule has 0 spiro atoms. The molecule has 0 fully saturated rings. The van der Waals surface area contributed by atoms with Gasteiger partial charge >= 0.3 is 0 Å². The molecule has 21 heavy (non-hydrogen) atoms. The van der Waals surface area contributed by atoms with Gasteiger partial charge in [0.1, 0.15) is 5.75 Å². The van der Waals surface area contributed by atoms with Gasteiger partial charge in [-0.3, -0.25) is 0 Å². The number of rotatable bonds is 7. The number of aliphatic hydroxyl groups excluding tert-OH is 1. The zero-order valence-electron chi connectivity index (χ0n) is 11.8. The Bertz CT molecular complexity index is 617. The number of benzene rings is 1. The molecule has 0 radical (unpaired) electrons. The lowest BCUT2D eigenvalue weighted by Gasteiger charge is -2.06. The molecule has 0 aliphatic rings. The fraction of sp³-hybridized carbons (Fsp3) is 0.333. The third-order valence-electron chi connectivity index (χ3n) is 2.98. The van der Waals surface area contributed by atoms with E-state index in [-0.39, 0.29) is 6.61 Å². The first-order valence-electron chi connectivity index (χ1n) is 6.62. The smallest absolute Gasteiger partial charge is 0.167 e. The van der Waals surface area contributed by atoms with Gasteiger partial charge in [0, 0.05) is 12.8 Å². The van der Waals surface area contributed by atoms with Crippen molar-refractivity contribution in [3.05, 3.63) is 41.7 Å². The van der Waals surface area contributed by atoms with E-state index in [0.717, 1.165) is 28.8 Å². The summed E-state index contributed by atoms with van der Waals surface area (Å²) in [5.74, 6) is 1.67. The maximum Gasteiger partial charge on any atom is 0.167 e. The van der Waals surface area contributed by atoms with Gasteiger partial charge in [-0.2, -0.15) is 5.26 Å². The van der Waals surface area contributed by atoms with Crippen LogP contribution < -0.4 is 4.74 Å². The minimum Gasteiger partial charge on any atom is -0.494 e. The summed E-state index contributed by atoms with van der Waals surface area (Å²) < 4.78 is 7.51. The summed E-state index contributed by atoms with van der Waals surface area (Å²) in [5, 5.41) is 18.7. The van der Waals surface area contributed by atoms with Gasteiger partial charge in [-0.25, -0.2) is 4.98 Å². The van der Waals surface area contributed by atoms with E-state index in [1.54, 1.807) is 42.2 Å². The molecule has 0 unspecified atom stereocenters. The normalized spacial score (nSPS) is 10.3. The highest BCUT2D eigenvalue weighted by Gasteiger charge is 2.05. The highest BCUT2D eigenvalue weighted by molar-refractivity contribution is 7.99. The molecular formula is C15H17N3O2S. The molecular weight excluding hydrogens is 286 g/mol. The lowest BCUT2D eigenvalue weighted by atomic mass is 10.2. The molecule has 0 aliphatic carbocycles. The lowest BCUT2D eigenvalue weighted by molar-refractivity contribution is 0.271. The lowest BCUT2D eigenvalue weighted by Crippen LogP contribution is -2.01. The van der Waals surface area contributed by atoms with Crippen molar-refractivity contribution in [2.24, 2.45) is 7.05 Å². The first-order chi connectivity index (χ1) is 10.2. The third-order valence-corrected chi connectivity index (χ3v) is 4.11. The zero-order valence-corrected chi connectivity index (χ0v) is 12.6. The monoisotopic (exact) mass is 303 g/mol. The summed E-state index contributed by atoms with van der Waals surface area (Å²) in [6.45, 7) is 0.627. The van der Waals surface area contributed by atoms with E-state index in [9.17, 15) is 0 Å². The molecule has 1 heterocycles. The van der Waals surface area contributed by atoms with Gasteiger partial charge < -0.3 is 14.4 Å². The minimum absolute atomic E-state index is 0.00582. The first-order valence-corrected chi connectivity index (χ1v) is 7.60. The first kappa shape index (κ1) is 15.4. The van der Waals surface area contributed by atoms with Crippen molar-refractivity contribution in [1.29, 1.82) is 5.26 Å². The van der Waals surface area contributed by atoms with Crippen molar-refractivity contribution in [3.8, 4) is 11.8 Å². The predicted molar refractivity (Wildman–Crippen MR) is 81.1 cm³/mol. The molecule has 0 aliphatic heterocycles. The molecule has 0 saturated carbocycles. The Morgan fingerprint density at radius 3 is 2.76 bits per heavy atom. The van der Waals surface area contributed by atoms with Crippen LogP contribution in [0.5, 0.6) is 5.75 Å². The predicted octanol–water partition coefficient (Wildman–Crippen LogP) is 2.35. The Morgan fingerprint density at radius 1 is 1.38 bits per heavy atom. The molecule has 0 saturated heterocycles. The van der Waals surface area contributed by atoms with E-state index in [1.165, 1.54) is 0 Å². The van der Waals surface area contributed by atoms with E-state index in [4.69, 9.17) is 15.1 Å². The Morgan fingerprint density at radius 2 is 2.14 bits per heavy atom. The Labute approximate surface area is 128 Å². The minimum atomic E-state index is 0.00582.